The Morgan fingerprint density at radius 1 is 1.29 bits per heavy atom. The Morgan fingerprint density at radius 3 is 2.71 bits per heavy atom. The number of likely N-dealkylation sites (tertiary alicyclic amines) is 1. The van der Waals surface area contributed by atoms with Gasteiger partial charge in [0.1, 0.15) is 6.04 Å². The monoisotopic (exact) mass is 336 g/mol. The standard InChI is InChI=1S/C17H24N2O5/c1-23-14-6-5-12(10-15(14)24-2)7-8-18-16(20)11-19-9-3-4-13(19)17(21)22/h5-6,10,13H,3-4,7-9,11H2,1-2H3,(H,18,20)(H,21,22)/t13-/m0/s1. The van der Waals surface area contributed by atoms with Crippen molar-refractivity contribution in [1.82, 2.24) is 10.2 Å². The van der Waals surface area contributed by atoms with E-state index < -0.39 is 12.0 Å². The summed E-state index contributed by atoms with van der Waals surface area (Å²) in [6, 6.07) is 5.10. The minimum absolute atomic E-state index is 0.128. The van der Waals surface area contributed by atoms with Crippen LogP contribution in [0.15, 0.2) is 18.2 Å². The van der Waals surface area contributed by atoms with E-state index in [1.54, 1.807) is 19.1 Å². The van der Waals surface area contributed by atoms with Crippen LogP contribution in [-0.4, -0.2) is 61.8 Å². The molecule has 132 valence electrons. The topological polar surface area (TPSA) is 88.1 Å². The number of amides is 1. The third-order valence-corrected chi connectivity index (χ3v) is 4.18. The molecule has 0 bridgehead atoms. The van der Waals surface area contributed by atoms with Gasteiger partial charge in [0.15, 0.2) is 11.5 Å². The Balaban J connectivity index is 1.79. The van der Waals surface area contributed by atoms with Gasteiger partial charge in [-0.05, 0) is 43.5 Å². The average Bonchev–Trinajstić information content (AvgIpc) is 3.03. The molecule has 1 saturated heterocycles. The number of nitrogens with one attached hydrogen (secondary N) is 1. The molecule has 1 aromatic rings. The second-order valence-electron chi connectivity index (χ2n) is 5.76. The van der Waals surface area contributed by atoms with Crippen LogP contribution in [0.2, 0.25) is 0 Å². The maximum Gasteiger partial charge on any atom is 0.320 e. The van der Waals surface area contributed by atoms with Crippen molar-refractivity contribution >= 4 is 11.9 Å². The highest BCUT2D eigenvalue weighted by Gasteiger charge is 2.31. The fourth-order valence-corrected chi connectivity index (χ4v) is 2.92. The minimum atomic E-state index is -0.856. The third kappa shape index (κ3) is 4.61. The van der Waals surface area contributed by atoms with E-state index >= 15 is 0 Å². The Kier molecular flexibility index (Phi) is 6.43. The zero-order chi connectivity index (χ0) is 17.5. The van der Waals surface area contributed by atoms with Crippen LogP contribution in [0.1, 0.15) is 18.4 Å². The molecular weight excluding hydrogens is 312 g/mol. The van der Waals surface area contributed by atoms with Gasteiger partial charge in [0.2, 0.25) is 5.91 Å². The number of carbonyl (C=O) groups excluding carboxylic acids is 1. The predicted molar refractivity (Wildman–Crippen MR) is 88.5 cm³/mol. The van der Waals surface area contributed by atoms with E-state index in [2.05, 4.69) is 5.32 Å². The lowest BCUT2D eigenvalue weighted by Gasteiger charge is -2.20. The van der Waals surface area contributed by atoms with E-state index in [0.29, 0.717) is 37.4 Å². The number of hydrogen-bond donors (Lipinski definition) is 2. The van der Waals surface area contributed by atoms with Gasteiger partial charge in [0.25, 0.3) is 0 Å². The average molecular weight is 336 g/mol. The van der Waals surface area contributed by atoms with Crippen molar-refractivity contribution in [3.05, 3.63) is 23.8 Å². The minimum Gasteiger partial charge on any atom is -0.493 e. The summed E-state index contributed by atoms with van der Waals surface area (Å²) in [6.45, 7) is 1.27. The maximum atomic E-state index is 12.0. The summed E-state index contributed by atoms with van der Waals surface area (Å²) in [5, 5.41) is 12.0. The molecular formula is C17H24N2O5. The summed E-state index contributed by atoms with van der Waals surface area (Å²) < 4.78 is 10.4. The summed E-state index contributed by atoms with van der Waals surface area (Å²) in [5.41, 5.74) is 1.03. The van der Waals surface area contributed by atoms with Crippen molar-refractivity contribution in [2.75, 3.05) is 33.9 Å². The highest BCUT2D eigenvalue weighted by atomic mass is 16.5. The molecule has 2 rings (SSSR count). The first-order valence-electron chi connectivity index (χ1n) is 7.99. The van der Waals surface area contributed by atoms with Gasteiger partial charge in [0, 0.05) is 6.54 Å². The number of carboxylic acid groups (broad SMARTS) is 1. The summed E-state index contributed by atoms with van der Waals surface area (Å²) in [5.74, 6) is 0.316. The molecule has 7 nitrogen and oxygen atoms in total. The lowest BCUT2D eigenvalue weighted by atomic mass is 10.1. The number of carbonyl (C=O) groups is 2. The molecule has 1 aromatic carbocycles. The molecule has 1 amide bonds. The molecule has 1 heterocycles. The van der Waals surface area contributed by atoms with Gasteiger partial charge in [-0.1, -0.05) is 6.07 Å². The lowest BCUT2D eigenvalue weighted by Crippen LogP contribution is -2.43. The molecule has 1 aliphatic rings. The Labute approximate surface area is 141 Å². The molecule has 0 aliphatic carbocycles. The maximum absolute atomic E-state index is 12.0. The third-order valence-electron chi connectivity index (χ3n) is 4.18. The van der Waals surface area contributed by atoms with E-state index in [-0.39, 0.29) is 12.5 Å². The molecule has 2 N–H and O–H groups in total. The smallest absolute Gasteiger partial charge is 0.320 e. The van der Waals surface area contributed by atoms with Gasteiger partial charge in [-0.15, -0.1) is 0 Å². The summed E-state index contributed by atoms with van der Waals surface area (Å²) in [6.07, 6.45) is 2.08. The number of rotatable bonds is 8. The van der Waals surface area contributed by atoms with Crippen LogP contribution in [-0.2, 0) is 16.0 Å². The Hall–Kier alpha value is -2.28. The van der Waals surface area contributed by atoms with Gasteiger partial charge in [-0.3, -0.25) is 14.5 Å². The Bertz CT molecular complexity index is 590. The van der Waals surface area contributed by atoms with E-state index in [0.717, 1.165) is 12.0 Å². The van der Waals surface area contributed by atoms with Crippen LogP contribution in [0, 0.1) is 0 Å². The van der Waals surface area contributed by atoms with Crippen molar-refractivity contribution in [2.24, 2.45) is 0 Å². The van der Waals surface area contributed by atoms with Gasteiger partial charge >= 0.3 is 5.97 Å². The first kappa shape index (κ1) is 18.1. The second-order valence-corrected chi connectivity index (χ2v) is 5.76. The first-order chi connectivity index (χ1) is 11.5. The number of benzene rings is 1. The van der Waals surface area contributed by atoms with Crippen LogP contribution in [0.25, 0.3) is 0 Å². The van der Waals surface area contributed by atoms with Crippen LogP contribution in [0.3, 0.4) is 0 Å². The van der Waals surface area contributed by atoms with Crippen molar-refractivity contribution < 1.29 is 24.2 Å². The Morgan fingerprint density at radius 2 is 2.04 bits per heavy atom. The van der Waals surface area contributed by atoms with Crippen molar-refractivity contribution in [3.63, 3.8) is 0 Å². The van der Waals surface area contributed by atoms with Crippen molar-refractivity contribution in [1.29, 1.82) is 0 Å². The summed E-state index contributed by atoms with van der Waals surface area (Å²) >= 11 is 0. The number of ether oxygens (including phenoxy) is 2. The predicted octanol–water partition coefficient (Wildman–Crippen LogP) is 0.912. The molecule has 0 aromatic heterocycles. The number of hydrogen-bond acceptors (Lipinski definition) is 5. The lowest BCUT2D eigenvalue weighted by molar-refractivity contribution is -0.142. The van der Waals surface area contributed by atoms with Gasteiger partial charge < -0.3 is 19.9 Å². The molecule has 7 heteroatoms. The molecule has 1 fully saturated rings. The van der Waals surface area contributed by atoms with Crippen LogP contribution in [0.4, 0.5) is 0 Å². The van der Waals surface area contributed by atoms with Crippen LogP contribution < -0.4 is 14.8 Å². The molecule has 0 spiro atoms. The summed E-state index contributed by atoms with van der Waals surface area (Å²) in [4.78, 5) is 24.8. The fraction of sp³-hybridized carbons (Fsp3) is 0.529. The molecule has 0 radical (unpaired) electrons. The largest absolute Gasteiger partial charge is 0.493 e. The number of aliphatic carboxylic acids is 1. The van der Waals surface area contributed by atoms with Crippen molar-refractivity contribution in [2.45, 2.75) is 25.3 Å². The zero-order valence-corrected chi connectivity index (χ0v) is 14.1. The molecule has 0 unspecified atom stereocenters. The van der Waals surface area contributed by atoms with Crippen LogP contribution >= 0.6 is 0 Å². The highest BCUT2D eigenvalue weighted by molar-refractivity contribution is 5.80. The molecule has 24 heavy (non-hydrogen) atoms. The molecule has 1 aliphatic heterocycles. The molecule has 1 atom stereocenters. The van der Waals surface area contributed by atoms with E-state index in [4.69, 9.17) is 14.6 Å². The SMILES string of the molecule is COc1ccc(CCNC(=O)CN2CCC[C@H]2C(=O)O)cc1OC. The van der Waals surface area contributed by atoms with E-state index in [1.165, 1.54) is 0 Å². The summed E-state index contributed by atoms with van der Waals surface area (Å²) in [7, 11) is 3.17. The fourth-order valence-electron chi connectivity index (χ4n) is 2.92. The number of methoxy groups -OCH3 is 2. The van der Waals surface area contributed by atoms with Crippen LogP contribution in [0.5, 0.6) is 11.5 Å². The zero-order valence-electron chi connectivity index (χ0n) is 14.1. The highest BCUT2D eigenvalue weighted by Crippen LogP contribution is 2.27. The van der Waals surface area contributed by atoms with Gasteiger partial charge in [-0.2, -0.15) is 0 Å². The van der Waals surface area contributed by atoms with Gasteiger partial charge in [-0.25, -0.2) is 0 Å². The second kappa shape index (κ2) is 8.54. The molecule has 0 saturated carbocycles. The number of nitrogens with zero attached hydrogens (tertiary/aromatic N) is 1. The van der Waals surface area contributed by atoms with E-state index in [1.807, 2.05) is 18.2 Å². The quantitative estimate of drug-likeness (QED) is 0.734. The van der Waals surface area contributed by atoms with Crippen molar-refractivity contribution in [3.8, 4) is 11.5 Å². The number of carboxylic acids is 1. The van der Waals surface area contributed by atoms with Gasteiger partial charge in [0.05, 0.1) is 20.8 Å². The first-order valence-corrected chi connectivity index (χ1v) is 7.99. The van der Waals surface area contributed by atoms with E-state index in [9.17, 15) is 9.59 Å². The normalized spacial score (nSPS) is 17.5.